The second-order valence-electron chi connectivity index (χ2n) is 4.43. The van der Waals surface area contributed by atoms with Crippen molar-refractivity contribution < 1.29 is 19.5 Å². The molecule has 0 radical (unpaired) electrons. The van der Waals surface area contributed by atoms with E-state index in [4.69, 9.17) is 5.11 Å². The van der Waals surface area contributed by atoms with E-state index in [9.17, 15) is 14.4 Å². The summed E-state index contributed by atoms with van der Waals surface area (Å²) in [5, 5.41) is 8.96. The average molecular weight is 273 g/mol. The largest absolute Gasteiger partial charge is 0.480 e. The number of likely N-dealkylation sites (tertiary alicyclic amines) is 1. The molecule has 0 bridgehead atoms. The van der Waals surface area contributed by atoms with Crippen LogP contribution in [0.2, 0.25) is 0 Å². The Hall–Kier alpha value is -1.04. The number of carboxylic acids is 1. The van der Waals surface area contributed by atoms with Crippen molar-refractivity contribution in [1.82, 2.24) is 4.90 Å². The van der Waals surface area contributed by atoms with Gasteiger partial charge in [0, 0.05) is 25.1 Å². The van der Waals surface area contributed by atoms with Gasteiger partial charge in [-0.2, -0.15) is 0 Å². The normalized spacial score (nSPS) is 20.8. The molecule has 1 saturated heterocycles. The van der Waals surface area contributed by atoms with Gasteiger partial charge in [-0.3, -0.25) is 9.59 Å². The highest BCUT2D eigenvalue weighted by Crippen LogP contribution is 2.23. The van der Waals surface area contributed by atoms with Crippen molar-refractivity contribution in [1.29, 1.82) is 0 Å². The summed E-state index contributed by atoms with van der Waals surface area (Å²) in [6.45, 7) is 3.91. The molecule has 1 fully saturated rings. The Morgan fingerprint density at radius 2 is 2.11 bits per heavy atom. The van der Waals surface area contributed by atoms with Crippen molar-refractivity contribution in [3.05, 3.63) is 0 Å². The number of hydrogen-bond acceptors (Lipinski definition) is 4. The second-order valence-corrected chi connectivity index (χ2v) is 5.90. The van der Waals surface area contributed by atoms with E-state index in [0.29, 0.717) is 13.0 Å². The summed E-state index contributed by atoms with van der Waals surface area (Å²) in [6, 6.07) is -0.683. The van der Waals surface area contributed by atoms with Crippen LogP contribution in [0.1, 0.15) is 39.5 Å². The summed E-state index contributed by atoms with van der Waals surface area (Å²) in [6.07, 6.45) is 2.23. The summed E-state index contributed by atoms with van der Waals surface area (Å²) in [5.41, 5.74) is 0. The van der Waals surface area contributed by atoms with E-state index in [1.165, 1.54) is 11.8 Å². The summed E-state index contributed by atoms with van der Waals surface area (Å²) in [7, 11) is 0. The molecule has 1 aliphatic heterocycles. The van der Waals surface area contributed by atoms with Gasteiger partial charge < -0.3 is 10.0 Å². The number of thioether (sulfide) groups is 1. The molecule has 102 valence electrons. The number of rotatable bonds is 5. The van der Waals surface area contributed by atoms with Crippen LogP contribution in [0.5, 0.6) is 0 Å². The molecule has 0 unspecified atom stereocenters. The van der Waals surface area contributed by atoms with Gasteiger partial charge in [-0.25, -0.2) is 4.79 Å². The molecule has 0 aromatic carbocycles. The molecule has 1 aliphatic rings. The zero-order chi connectivity index (χ0) is 13.7. The van der Waals surface area contributed by atoms with Crippen LogP contribution in [-0.2, 0) is 14.4 Å². The predicted octanol–water partition coefficient (Wildman–Crippen LogP) is 1.51. The fourth-order valence-electron chi connectivity index (χ4n) is 2.14. The first kappa shape index (κ1) is 15.0. The smallest absolute Gasteiger partial charge is 0.326 e. The third-order valence-corrected chi connectivity index (χ3v) is 4.21. The van der Waals surface area contributed by atoms with E-state index in [0.717, 1.165) is 24.6 Å². The van der Waals surface area contributed by atoms with E-state index < -0.39 is 12.0 Å². The summed E-state index contributed by atoms with van der Waals surface area (Å²) >= 11 is 1.16. The lowest BCUT2D eigenvalue weighted by atomic mass is 10.2. The van der Waals surface area contributed by atoms with Crippen molar-refractivity contribution in [2.75, 3.05) is 6.54 Å². The molecular formula is C12H19NO4S. The van der Waals surface area contributed by atoms with Gasteiger partial charge >= 0.3 is 5.97 Å². The molecule has 0 spiro atoms. The van der Waals surface area contributed by atoms with Crippen molar-refractivity contribution in [2.45, 2.75) is 50.8 Å². The lowest BCUT2D eigenvalue weighted by molar-refractivity contribution is -0.148. The Kier molecular flexibility index (Phi) is 5.65. The monoisotopic (exact) mass is 273 g/mol. The lowest BCUT2D eigenvalue weighted by Crippen LogP contribution is -2.41. The van der Waals surface area contributed by atoms with Crippen LogP contribution in [0.15, 0.2) is 0 Å². The predicted molar refractivity (Wildman–Crippen MR) is 69.3 cm³/mol. The van der Waals surface area contributed by atoms with Crippen LogP contribution >= 0.6 is 11.8 Å². The van der Waals surface area contributed by atoms with Gasteiger partial charge in [0.25, 0.3) is 0 Å². The number of carbonyl (C=O) groups is 3. The molecule has 0 aliphatic carbocycles. The van der Waals surface area contributed by atoms with Crippen LogP contribution in [0.4, 0.5) is 0 Å². The number of nitrogens with zero attached hydrogens (tertiary/aromatic N) is 1. The molecule has 1 rings (SSSR count). The molecule has 0 aromatic rings. The molecule has 0 saturated carbocycles. The number of amides is 1. The Morgan fingerprint density at radius 1 is 1.44 bits per heavy atom. The number of hydrogen-bond donors (Lipinski definition) is 1. The Balaban J connectivity index is 2.58. The van der Waals surface area contributed by atoms with Crippen LogP contribution < -0.4 is 0 Å². The van der Waals surface area contributed by atoms with Crippen LogP contribution in [0, 0.1) is 0 Å². The fraction of sp³-hybridized carbons (Fsp3) is 0.750. The molecule has 1 N–H and O–H groups in total. The average Bonchev–Trinajstić information content (AvgIpc) is 2.76. The van der Waals surface area contributed by atoms with E-state index >= 15 is 0 Å². The number of aliphatic carboxylic acids is 1. The molecular weight excluding hydrogens is 254 g/mol. The first-order valence-corrected chi connectivity index (χ1v) is 7.03. The van der Waals surface area contributed by atoms with E-state index in [-0.39, 0.29) is 22.7 Å². The van der Waals surface area contributed by atoms with E-state index in [1.54, 1.807) is 0 Å². The van der Waals surface area contributed by atoms with Crippen molar-refractivity contribution >= 4 is 28.8 Å². The summed E-state index contributed by atoms with van der Waals surface area (Å²) < 4.78 is 0. The standard InChI is InChI=1S/C12H19NO4S/c1-3-9(18-8(2)14)7-11(15)13-6-4-5-10(13)12(16)17/h9-10H,3-7H2,1-2H3,(H,16,17)/t9-,10-/m0/s1. The Morgan fingerprint density at radius 3 is 2.61 bits per heavy atom. The zero-order valence-corrected chi connectivity index (χ0v) is 11.5. The minimum atomic E-state index is -0.937. The molecule has 2 atom stereocenters. The highest BCUT2D eigenvalue weighted by atomic mass is 32.2. The molecule has 18 heavy (non-hydrogen) atoms. The Bertz CT molecular complexity index is 345. The van der Waals surface area contributed by atoms with Crippen LogP contribution in [-0.4, -0.2) is 44.8 Å². The van der Waals surface area contributed by atoms with Gasteiger partial charge in [0.1, 0.15) is 6.04 Å². The fourth-order valence-corrected chi connectivity index (χ4v) is 3.00. The van der Waals surface area contributed by atoms with Gasteiger partial charge in [0.15, 0.2) is 5.12 Å². The van der Waals surface area contributed by atoms with Crippen molar-refractivity contribution in [3.63, 3.8) is 0 Å². The maximum atomic E-state index is 12.0. The van der Waals surface area contributed by atoms with E-state index in [1.807, 2.05) is 6.92 Å². The van der Waals surface area contributed by atoms with Gasteiger partial charge in [-0.05, 0) is 19.3 Å². The third-order valence-electron chi connectivity index (χ3n) is 3.05. The SMILES string of the molecule is CC[C@@H](CC(=O)N1CCC[C@H]1C(=O)O)SC(C)=O. The van der Waals surface area contributed by atoms with Crippen molar-refractivity contribution in [2.24, 2.45) is 0 Å². The first-order valence-electron chi connectivity index (χ1n) is 6.15. The molecule has 1 amide bonds. The number of carbonyl (C=O) groups excluding carboxylic acids is 2. The van der Waals surface area contributed by atoms with E-state index in [2.05, 4.69) is 0 Å². The first-order chi connectivity index (χ1) is 8.45. The second kappa shape index (κ2) is 6.78. The maximum Gasteiger partial charge on any atom is 0.326 e. The van der Waals surface area contributed by atoms with Gasteiger partial charge in [0.2, 0.25) is 5.91 Å². The topological polar surface area (TPSA) is 74.7 Å². The minimum absolute atomic E-state index is 0.00847. The maximum absolute atomic E-state index is 12.0. The van der Waals surface area contributed by atoms with Gasteiger partial charge in [-0.1, -0.05) is 18.7 Å². The molecule has 0 aromatic heterocycles. The lowest BCUT2D eigenvalue weighted by Gasteiger charge is -2.23. The molecule has 5 nitrogen and oxygen atoms in total. The Labute approximate surface area is 111 Å². The quantitative estimate of drug-likeness (QED) is 0.822. The summed E-state index contributed by atoms with van der Waals surface area (Å²) in [4.78, 5) is 35.5. The highest BCUT2D eigenvalue weighted by Gasteiger charge is 2.34. The molecule has 1 heterocycles. The highest BCUT2D eigenvalue weighted by molar-refractivity contribution is 8.14. The van der Waals surface area contributed by atoms with Crippen molar-refractivity contribution in [3.8, 4) is 0 Å². The summed E-state index contributed by atoms with van der Waals surface area (Å²) in [5.74, 6) is -1.09. The zero-order valence-electron chi connectivity index (χ0n) is 10.7. The van der Waals surface area contributed by atoms with Crippen LogP contribution in [0.3, 0.4) is 0 Å². The minimum Gasteiger partial charge on any atom is -0.480 e. The van der Waals surface area contributed by atoms with Gasteiger partial charge in [0.05, 0.1) is 0 Å². The number of carboxylic acid groups (broad SMARTS) is 1. The molecule has 6 heteroatoms. The van der Waals surface area contributed by atoms with Crippen LogP contribution in [0.25, 0.3) is 0 Å². The third kappa shape index (κ3) is 4.01. The van der Waals surface area contributed by atoms with Gasteiger partial charge in [-0.15, -0.1) is 0 Å².